The number of halogens is 2. The van der Waals surface area contributed by atoms with Crippen LogP contribution in [0.2, 0.25) is 10.2 Å². The lowest BCUT2D eigenvalue weighted by atomic mass is 10.4. The third kappa shape index (κ3) is 2.84. The van der Waals surface area contributed by atoms with Crippen molar-refractivity contribution < 1.29 is 0 Å². The Balaban J connectivity index is 2.02. The highest BCUT2D eigenvalue weighted by Gasteiger charge is 2.01. The molecule has 0 aliphatic rings. The summed E-state index contributed by atoms with van der Waals surface area (Å²) in [6, 6.07) is 5.67. The Morgan fingerprint density at radius 1 is 1.40 bits per heavy atom. The van der Waals surface area contributed by atoms with Gasteiger partial charge in [-0.15, -0.1) is 11.3 Å². The zero-order valence-corrected chi connectivity index (χ0v) is 10.0. The van der Waals surface area contributed by atoms with E-state index < -0.39 is 0 Å². The highest BCUT2D eigenvalue weighted by molar-refractivity contribution is 7.10. The Morgan fingerprint density at radius 3 is 2.93 bits per heavy atom. The molecule has 0 unspecified atom stereocenters. The van der Waals surface area contributed by atoms with Crippen molar-refractivity contribution in [2.45, 2.75) is 6.54 Å². The monoisotopic (exact) mass is 258 g/mol. The average molecular weight is 259 g/mol. The zero-order valence-electron chi connectivity index (χ0n) is 7.71. The van der Waals surface area contributed by atoms with Crippen molar-refractivity contribution in [3.05, 3.63) is 44.8 Å². The summed E-state index contributed by atoms with van der Waals surface area (Å²) in [6.07, 6.45) is 1.66. The smallest absolute Gasteiger partial charge is 0.152 e. The third-order valence-corrected chi connectivity index (χ3v) is 3.42. The van der Waals surface area contributed by atoms with Gasteiger partial charge < -0.3 is 5.32 Å². The fourth-order valence-electron chi connectivity index (χ4n) is 1.15. The van der Waals surface area contributed by atoms with Crippen LogP contribution in [0.15, 0.2) is 29.8 Å². The maximum atomic E-state index is 5.90. The number of hydrogen-bond donors (Lipinski definition) is 1. The van der Waals surface area contributed by atoms with Crippen LogP contribution < -0.4 is 5.32 Å². The van der Waals surface area contributed by atoms with Crippen LogP contribution in [0, 0.1) is 0 Å². The molecule has 0 spiro atoms. The van der Waals surface area contributed by atoms with Gasteiger partial charge in [0.2, 0.25) is 0 Å². The lowest BCUT2D eigenvalue weighted by Gasteiger charge is -2.05. The normalized spacial score (nSPS) is 10.3. The fourth-order valence-corrected chi connectivity index (χ4v) is 2.35. The minimum absolute atomic E-state index is 0.486. The van der Waals surface area contributed by atoms with E-state index in [1.165, 1.54) is 4.88 Å². The topological polar surface area (TPSA) is 24.9 Å². The SMILES string of the molecule is Clc1csc(CNc2cccnc2Cl)c1. The lowest BCUT2D eigenvalue weighted by molar-refractivity contribution is 1.17. The summed E-state index contributed by atoms with van der Waals surface area (Å²) in [5, 5.41) is 6.36. The maximum absolute atomic E-state index is 5.90. The van der Waals surface area contributed by atoms with Gasteiger partial charge in [-0.1, -0.05) is 23.2 Å². The number of thiophene rings is 1. The van der Waals surface area contributed by atoms with E-state index in [1.54, 1.807) is 17.5 Å². The minimum Gasteiger partial charge on any atom is -0.378 e. The Morgan fingerprint density at radius 2 is 2.27 bits per heavy atom. The van der Waals surface area contributed by atoms with Crippen LogP contribution in [0.3, 0.4) is 0 Å². The highest BCUT2D eigenvalue weighted by Crippen LogP contribution is 2.22. The number of hydrogen-bond acceptors (Lipinski definition) is 3. The molecule has 2 nitrogen and oxygen atoms in total. The van der Waals surface area contributed by atoms with E-state index in [0.29, 0.717) is 11.7 Å². The van der Waals surface area contributed by atoms with E-state index in [9.17, 15) is 0 Å². The molecular formula is C10H8Cl2N2S. The Kier molecular flexibility index (Phi) is 3.46. The van der Waals surface area contributed by atoms with Gasteiger partial charge >= 0.3 is 0 Å². The molecule has 0 saturated carbocycles. The molecule has 0 atom stereocenters. The summed E-state index contributed by atoms with van der Waals surface area (Å²) in [7, 11) is 0. The minimum atomic E-state index is 0.486. The first-order valence-electron chi connectivity index (χ1n) is 4.33. The Hall–Kier alpha value is -0.770. The van der Waals surface area contributed by atoms with Crippen molar-refractivity contribution in [1.29, 1.82) is 0 Å². The molecule has 0 bridgehead atoms. The molecule has 2 rings (SSSR count). The molecule has 15 heavy (non-hydrogen) atoms. The second-order valence-corrected chi connectivity index (χ2v) is 4.72. The molecule has 0 aliphatic heterocycles. The van der Waals surface area contributed by atoms with E-state index in [-0.39, 0.29) is 0 Å². The number of nitrogens with zero attached hydrogens (tertiary/aromatic N) is 1. The summed E-state index contributed by atoms with van der Waals surface area (Å²) >= 11 is 13.3. The van der Waals surface area contributed by atoms with Gasteiger partial charge in [0.25, 0.3) is 0 Å². The summed E-state index contributed by atoms with van der Waals surface area (Å²) < 4.78 is 0. The summed E-state index contributed by atoms with van der Waals surface area (Å²) in [5.74, 6) is 0. The molecule has 2 aromatic heterocycles. The summed E-state index contributed by atoms with van der Waals surface area (Å²) in [6.45, 7) is 0.711. The maximum Gasteiger partial charge on any atom is 0.152 e. The largest absolute Gasteiger partial charge is 0.378 e. The van der Waals surface area contributed by atoms with Crippen LogP contribution in [0.25, 0.3) is 0 Å². The van der Waals surface area contributed by atoms with Gasteiger partial charge in [0.1, 0.15) is 0 Å². The van der Waals surface area contributed by atoms with E-state index in [1.807, 2.05) is 23.6 Å². The van der Waals surface area contributed by atoms with Gasteiger partial charge in [0.15, 0.2) is 5.15 Å². The number of anilines is 1. The predicted octanol–water partition coefficient (Wildman–Crippen LogP) is 4.06. The summed E-state index contributed by atoms with van der Waals surface area (Å²) in [4.78, 5) is 5.14. The number of rotatable bonds is 3. The highest BCUT2D eigenvalue weighted by atomic mass is 35.5. The second-order valence-electron chi connectivity index (χ2n) is 2.93. The van der Waals surface area contributed by atoms with Gasteiger partial charge in [0, 0.05) is 23.0 Å². The van der Waals surface area contributed by atoms with Gasteiger partial charge in [-0.3, -0.25) is 0 Å². The van der Waals surface area contributed by atoms with E-state index in [2.05, 4.69) is 10.3 Å². The molecule has 0 amide bonds. The van der Waals surface area contributed by atoms with Crippen LogP contribution in [-0.2, 0) is 6.54 Å². The van der Waals surface area contributed by atoms with Gasteiger partial charge in [-0.05, 0) is 18.2 Å². The predicted molar refractivity (Wildman–Crippen MR) is 65.9 cm³/mol. The molecule has 0 fully saturated rings. The molecule has 78 valence electrons. The molecular weight excluding hydrogens is 251 g/mol. The van der Waals surface area contributed by atoms with E-state index in [0.717, 1.165) is 10.7 Å². The second kappa shape index (κ2) is 4.84. The fraction of sp³-hybridized carbons (Fsp3) is 0.100. The number of pyridine rings is 1. The molecule has 1 N–H and O–H groups in total. The van der Waals surface area contributed by atoms with Crippen molar-refractivity contribution in [1.82, 2.24) is 4.98 Å². The van der Waals surface area contributed by atoms with Crippen molar-refractivity contribution in [3.8, 4) is 0 Å². The summed E-state index contributed by atoms with van der Waals surface area (Å²) in [5.41, 5.74) is 0.837. The van der Waals surface area contributed by atoms with Gasteiger partial charge in [-0.2, -0.15) is 0 Å². The van der Waals surface area contributed by atoms with Crippen molar-refractivity contribution >= 4 is 40.2 Å². The first kappa shape index (κ1) is 10.7. The van der Waals surface area contributed by atoms with Crippen LogP contribution in [0.1, 0.15) is 4.88 Å². The molecule has 0 aromatic carbocycles. The lowest BCUT2D eigenvalue weighted by Crippen LogP contribution is -1.98. The van der Waals surface area contributed by atoms with E-state index >= 15 is 0 Å². The molecule has 2 aromatic rings. The van der Waals surface area contributed by atoms with Crippen molar-refractivity contribution in [2.24, 2.45) is 0 Å². The molecule has 2 heterocycles. The molecule has 0 radical (unpaired) electrons. The van der Waals surface area contributed by atoms with Crippen molar-refractivity contribution in [3.63, 3.8) is 0 Å². The van der Waals surface area contributed by atoms with Crippen LogP contribution in [0.5, 0.6) is 0 Å². The Bertz CT molecular complexity index is 456. The van der Waals surface area contributed by atoms with Crippen LogP contribution in [0.4, 0.5) is 5.69 Å². The van der Waals surface area contributed by atoms with Gasteiger partial charge in [-0.25, -0.2) is 4.98 Å². The standard InChI is InChI=1S/C10H8Cl2N2S/c11-7-4-8(15-6-7)5-14-9-2-1-3-13-10(9)12/h1-4,6,14H,5H2. The van der Waals surface area contributed by atoms with E-state index in [4.69, 9.17) is 23.2 Å². The first-order chi connectivity index (χ1) is 7.25. The molecule has 5 heteroatoms. The molecule has 0 aliphatic carbocycles. The first-order valence-corrected chi connectivity index (χ1v) is 5.96. The average Bonchev–Trinajstić information content (AvgIpc) is 2.63. The molecule has 0 saturated heterocycles. The Labute approximate surface area is 102 Å². The number of nitrogens with one attached hydrogen (secondary N) is 1. The van der Waals surface area contributed by atoms with Crippen LogP contribution >= 0.6 is 34.5 Å². The number of aromatic nitrogens is 1. The zero-order chi connectivity index (χ0) is 10.7. The quantitative estimate of drug-likeness (QED) is 0.840. The van der Waals surface area contributed by atoms with Crippen LogP contribution in [-0.4, -0.2) is 4.98 Å². The third-order valence-electron chi connectivity index (χ3n) is 1.83. The van der Waals surface area contributed by atoms with Gasteiger partial charge in [0.05, 0.1) is 10.7 Å². The van der Waals surface area contributed by atoms with Crippen molar-refractivity contribution in [2.75, 3.05) is 5.32 Å².